The molecule has 0 saturated carbocycles. The van der Waals surface area contributed by atoms with E-state index in [1.807, 2.05) is 30.3 Å². The first-order valence-electron chi connectivity index (χ1n) is 11.2. The van der Waals surface area contributed by atoms with E-state index in [9.17, 15) is 27.6 Å². The van der Waals surface area contributed by atoms with Gasteiger partial charge in [0.2, 0.25) is 11.8 Å². The van der Waals surface area contributed by atoms with Crippen LogP contribution in [-0.2, 0) is 20.6 Å². The van der Waals surface area contributed by atoms with Gasteiger partial charge < -0.3 is 4.90 Å². The van der Waals surface area contributed by atoms with Crippen LogP contribution in [0.1, 0.15) is 43.5 Å². The molecule has 4 unspecified atom stereocenters. The normalized spacial score (nSPS) is 25.6. The fourth-order valence-electron chi connectivity index (χ4n) is 5.42. The van der Waals surface area contributed by atoms with Gasteiger partial charge in [-0.05, 0) is 35.4 Å². The number of nitrogens with zero attached hydrogens (tertiary/aromatic N) is 2. The Morgan fingerprint density at radius 3 is 2.29 bits per heavy atom. The molecule has 182 valence electrons. The molecule has 0 aromatic heterocycles. The van der Waals surface area contributed by atoms with Crippen LogP contribution in [-0.4, -0.2) is 28.5 Å². The third-order valence-electron chi connectivity index (χ3n) is 6.98. The number of ketones is 1. The lowest BCUT2D eigenvalue weighted by Crippen LogP contribution is -2.47. The minimum absolute atomic E-state index is 0.209. The van der Waals surface area contributed by atoms with Crippen LogP contribution in [0.3, 0.4) is 0 Å². The molecule has 3 heterocycles. The van der Waals surface area contributed by atoms with Crippen LogP contribution >= 0.6 is 11.6 Å². The fraction of sp³-hybridized carbons (Fsp3) is 0.346. The molecule has 2 saturated heterocycles. The second-order valence-electron chi connectivity index (χ2n) is 10.1. The van der Waals surface area contributed by atoms with Crippen LogP contribution in [0.5, 0.6) is 0 Å². The molecule has 2 fully saturated rings. The van der Waals surface area contributed by atoms with Crippen molar-refractivity contribution >= 4 is 41.0 Å². The number of hydrogen-bond acceptors (Lipinski definition) is 4. The predicted molar refractivity (Wildman–Crippen MR) is 124 cm³/mol. The van der Waals surface area contributed by atoms with Gasteiger partial charge in [-0.15, -0.1) is 0 Å². The molecule has 3 aliphatic rings. The zero-order chi connectivity index (χ0) is 25.4. The van der Waals surface area contributed by atoms with Crippen LogP contribution < -0.4 is 4.90 Å². The largest absolute Gasteiger partial charge is 0.417 e. The number of halogens is 4. The van der Waals surface area contributed by atoms with Crippen molar-refractivity contribution in [2.24, 2.45) is 17.3 Å². The Balaban J connectivity index is 1.66. The summed E-state index contributed by atoms with van der Waals surface area (Å²) in [7, 11) is 0. The monoisotopic (exact) mass is 502 g/mol. The molecule has 0 N–H and O–H groups in total. The molecule has 5 nitrogen and oxygen atoms in total. The quantitative estimate of drug-likeness (QED) is 0.510. The standard InChI is InChI=1S/C26H22ClF3N2O3/c1-25(2,3)22(33)21-19-18(20-15-7-5-4-6-13(15)10-11-31(20)21)23(34)32(24(19)35)14-8-9-17(27)16(12-14)26(28,29)30/h4-12,18-21H,1-3H3. The number of carbonyl (C=O) groups excluding carboxylic acids is 3. The van der Waals surface area contributed by atoms with Crippen molar-refractivity contribution in [3.63, 3.8) is 0 Å². The smallest absolute Gasteiger partial charge is 0.359 e. The van der Waals surface area contributed by atoms with Crippen LogP contribution in [0.4, 0.5) is 18.9 Å². The summed E-state index contributed by atoms with van der Waals surface area (Å²) in [5, 5.41) is -0.529. The van der Waals surface area contributed by atoms with Crippen molar-refractivity contribution in [1.29, 1.82) is 0 Å². The van der Waals surface area contributed by atoms with Gasteiger partial charge in [0.15, 0.2) is 5.78 Å². The zero-order valence-electron chi connectivity index (χ0n) is 19.1. The van der Waals surface area contributed by atoms with Crippen LogP contribution in [0.25, 0.3) is 6.08 Å². The van der Waals surface area contributed by atoms with Crippen molar-refractivity contribution in [3.05, 3.63) is 70.4 Å². The molecule has 5 rings (SSSR count). The summed E-state index contributed by atoms with van der Waals surface area (Å²) in [4.78, 5) is 43.6. The molecule has 2 aromatic carbocycles. The zero-order valence-corrected chi connectivity index (χ0v) is 19.9. The molecule has 0 spiro atoms. The SMILES string of the molecule is CC(C)(C)C(=O)C1C2C(=O)N(c3ccc(Cl)c(C(F)(F)F)c3)C(=O)C2C2c3ccccc3C=CN12. The second-order valence-corrected chi connectivity index (χ2v) is 10.5. The van der Waals surface area contributed by atoms with Crippen LogP contribution in [0.15, 0.2) is 48.7 Å². The van der Waals surface area contributed by atoms with E-state index in [0.29, 0.717) is 6.07 Å². The Labute approximate surface area is 205 Å². The number of rotatable bonds is 2. The van der Waals surface area contributed by atoms with Gasteiger partial charge in [0, 0.05) is 11.6 Å². The lowest BCUT2D eigenvalue weighted by atomic mass is 9.79. The molecule has 4 atom stereocenters. The Kier molecular flexibility index (Phi) is 5.18. The second kappa shape index (κ2) is 7.68. The first-order valence-corrected chi connectivity index (χ1v) is 11.5. The number of hydrogen-bond donors (Lipinski definition) is 0. The van der Waals surface area contributed by atoms with E-state index in [4.69, 9.17) is 11.6 Å². The van der Waals surface area contributed by atoms with E-state index < -0.39 is 57.9 Å². The molecule has 9 heteroatoms. The first-order chi connectivity index (χ1) is 16.3. The Bertz CT molecular complexity index is 1300. The number of anilines is 1. The van der Waals surface area contributed by atoms with E-state index in [0.717, 1.165) is 22.1 Å². The predicted octanol–water partition coefficient (Wildman–Crippen LogP) is 5.49. The highest BCUT2D eigenvalue weighted by Crippen LogP contribution is 2.54. The number of alkyl halides is 3. The molecule has 0 radical (unpaired) electrons. The van der Waals surface area contributed by atoms with E-state index in [2.05, 4.69) is 0 Å². The number of benzene rings is 2. The molecule has 3 aliphatic heterocycles. The molecule has 0 bridgehead atoms. The summed E-state index contributed by atoms with van der Waals surface area (Å²) >= 11 is 5.75. The summed E-state index contributed by atoms with van der Waals surface area (Å²) < 4.78 is 40.5. The molecule has 2 amide bonds. The third kappa shape index (κ3) is 3.49. The fourth-order valence-corrected chi connectivity index (χ4v) is 5.65. The van der Waals surface area contributed by atoms with E-state index in [1.54, 1.807) is 31.9 Å². The lowest BCUT2D eigenvalue weighted by Gasteiger charge is -2.37. The number of Topliss-reactive ketones (excluding diaryl/α,β-unsaturated/α-hetero) is 1. The summed E-state index contributed by atoms with van der Waals surface area (Å²) in [5.74, 6) is -3.47. The van der Waals surface area contributed by atoms with Crippen molar-refractivity contribution in [2.45, 2.75) is 39.0 Å². The molecular weight excluding hydrogens is 481 g/mol. The van der Waals surface area contributed by atoms with E-state index >= 15 is 0 Å². The summed E-state index contributed by atoms with van der Waals surface area (Å²) in [5.41, 5.74) is -0.497. The number of amides is 2. The highest BCUT2D eigenvalue weighted by molar-refractivity contribution is 6.32. The van der Waals surface area contributed by atoms with Crippen LogP contribution in [0, 0.1) is 17.3 Å². The van der Waals surface area contributed by atoms with Crippen molar-refractivity contribution < 1.29 is 27.6 Å². The van der Waals surface area contributed by atoms with Crippen molar-refractivity contribution in [2.75, 3.05) is 4.90 Å². The lowest BCUT2D eigenvalue weighted by molar-refractivity contribution is -0.137. The van der Waals surface area contributed by atoms with Gasteiger partial charge >= 0.3 is 6.18 Å². The minimum Gasteiger partial charge on any atom is -0.359 e. The Morgan fingerprint density at radius 2 is 1.63 bits per heavy atom. The summed E-state index contributed by atoms with van der Waals surface area (Å²) in [6, 6.07) is 8.85. The number of imide groups is 1. The topological polar surface area (TPSA) is 57.7 Å². The average Bonchev–Trinajstić information content (AvgIpc) is 3.25. The summed E-state index contributed by atoms with van der Waals surface area (Å²) in [6.45, 7) is 5.23. The molecule has 0 aliphatic carbocycles. The summed E-state index contributed by atoms with van der Waals surface area (Å²) in [6.07, 6.45) is -1.17. The highest BCUT2D eigenvalue weighted by Gasteiger charge is 2.65. The van der Waals surface area contributed by atoms with Gasteiger partial charge in [0.05, 0.1) is 34.2 Å². The van der Waals surface area contributed by atoms with Crippen LogP contribution in [0.2, 0.25) is 5.02 Å². The Morgan fingerprint density at radius 1 is 0.971 bits per heavy atom. The third-order valence-corrected chi connectivity index (χ3v) is 7.31. The van der Waals surface area contributed by atoms with Gasteiger partial charge in [0.25, 0.3) is 0 Å². The number of carbonyl (C=O) groups is 3. The molecular formula is C26H22ClF3N2O3. The van der Waals surface area contributed by atoms with Gasteiger partial charge in [0.1, 0.15) is 6.04 Å². The van der Waals surface area contributed by atoms with Gasteiger partial charge in [-0.1, -0.05) is 56.6 Å². The van der Waals surface area contributed by atoms with Crippen molar-refractivity contribution in [3.8, 4) is 0 Å². The van der Waals surface area contributed by atoms with Gasteiger partial charge in [-0.2, -0.15) is 13.2 Å². The average molecular weight is 503 g/mol. The maximum absolute atomic E-state index is 13.8. The van der Waals surface area contributed by atoms with E-state index in [1.165, 1.54) is 6.07 Å². The van der Waals surface area contributed by atoms with E-state index in [-0.39, 0.29) is 11.5 Å². The Hall–Kier alpha value is -3.13. The minimum atomic E-state index is -4.76. The van der Waals surface area contributed by atoms with Gasteiger partial charge in [-0.3, -0.25) is 14.4 Å². The molecule has 35 heavy (non-hydrogen) atoms. The highest BCUT2D eigenvalue weighted by atomic mass is 35.5. The first kappa shape index (κ1) is 23.6. The van der Waals surface area contributed by atoms with Crippen molar-refractivity contribution in [1.82, 2.24) is 4.90 Å². The van der Waals surface area contributed by atoms with Gasteiger partial charge in [-0.25, -0.2) is 4.90 Å². The maximum atomic E-state index is 13.8. The molecule has 2 aromatic rings. The maximum Gasteiger partial charge on any atom is 0.417 e. The number of fused-ring (bicyclic) bond motifs is 5.